The summed E-state index contributed by atoms with van der Waals surface area (Å²) in [6, 6.07) is 9.28. The Bertz CT molecular complexity index is 684. The van der Waals surface area contributed by atoms with Crippen molar-refractivity contribution in [2.75, 3.05) is 43.1 Å². The van der Waals surface area contributed by atoms with Gasteiger partial charge >= 0.3 is 0 Å². The van der Waals surface area contributed by atoms with Crippen molar-refractivity contribution in [3.8, 4) is 5.88 Å². The van der Waals surface area contributed by atoms with Gasteiger partial charge in [0.25, 0.3) is 5.91 Å². The number of rotatable bonds is 5. The first-order chi connectivity index (χ1) is 11.8. The second-order valence-electron chi connectivity index (χ2n) is 5.27. The Morgan fingerprint density at radius 2 is 2.00 bits per heavy atom. The Kier molecular flexibility index (Phi) is 5.22. The molecule has 2 heterocycles. The van der Waals surface area contributed by atoms with E-state index in [1.807, 2.05) is 31.2 Å². The Hall–Kier alpha value is -2.67. The number of carbonyl (C=O) groups excluding carboxylic acids is 1. The number of ether oxygens (including phenoxy) is 2. The van der Waals surface area contributed by atoms with Crippen molar-refractivity contribution in [1.29, 1.82) is 0 Å². The second kappa shape index (κ2) is 7.74. The van der Waals surface area contributed by atoms with Gasteiger partial charge in [-0.3, -0.25) is 4.79 Å². The summed E-state index contributed by atoms with van der Waals surface area (Å²) in [5.74, 6) is 0.0952. The molecule has 1 saturated heterocycles. The highest BCUT2D eigenvalue weighted by molar-refractivity contribution is 6.03. The van der Waals surface area contributed by atoms with Gasteiger partial charge in [0, 0.05) is 30.5 Å². The molecule has 0 radical (unpaired) electrons. The highest BCUT2D eigenvalue weighted by atomic mass is 16.5. The average Bonchev–Trinajstić information content (AvgIpc) is 2.64. The van der Waals surface area contributed by atoms with Crippen LogP contribution < -0.4 is 15.0 Å². The van der Waals surface area contributed by atoms with Crippen molar-refractivity contribution < 1.29 is 14.3 Å². The summed E-state index contributed by atoms with van der Waals surface area (Å²) in [6.07, 6.45) is 1.32. The Morgan fingerprint density at radius 3 is 2.71 bits per heavy atom. The van der Waals surface area contributed by atoms with Crippen LogP contribution >= 0.6 is 0 Å². The number of morpholine rings is 1. The molecule has 1 amide bonds. The van der Waals surface area contributed by atoms with Crippen molar-refractivity contribution in [1.82, 2.24) is 9.97 Å². The van der Waals surface area contributed by atoms with Crippen molar-refractivity contribution in [3.05, 3.63) is 42.4 Å². The molecular formula is C17H20N4O3. The lowest BCUT2D eigenvalue weighted by Crippen LogP contribution is -2.36. The predicted molar refractivity (Wildman–Crippen MR) is 90.6 cm³/mol. The zero-order valence-corrected chi connectivity index (χ0v) is 13.6. The Labute approximate surface area is 140 Å². The zero-order chi connectivity index (χ0) is 16.8. The fourth-order valence-corrected chi connectivity index (χ4v) is 2.46. The van der Waals surface area contributed by atoms with Crippen LogP contribution in [-0.4, -0.2) is 48.8 Å². The molecule has 0 bridgehead atoms. The van der Waals surface area contributed by atoms with E-state index in [1.165, 1.54) is 12.4 Å². The number of nitrogens with one attached hydrogen (secondary N) is 1. The van der Waals surface area contributed by atoms with Gasteiger partial charge in [-0.05, 0) is 31.2 Å². The second-order valence-corrected chi connectivity index (χ2v) is 5.27. The van der Waals surface area contributed by atoms with Gasteiger partial charge in [-0.25, -0.2) is 9.97 Å². The fraction of sp³-hybridized carbons (Fsp3) is 0.353. The number of carbonyl (C=O) groups is 1. The van der Waals surface area contributed by atoms with Crippen molar-refractivity contribution >= 4 is 17.3 Å². The molecule has 2 aromatic rings. The van der Waals surface area contributed by atoms with Crippen LogP contribution in [0.2, 0.25) is 0 Å². The molecule has 1 aliphatic rings. The van der Waals surface area contributed by atoms with Crippen LogP contribution in [0.15, 0.2) is 36.7 Å². The molecule has 0 saturated carbocycles. The monoisotopic (exact) mass is 328 g/mol. The van der Waals surface area contributed by atoms with E-state index in [0.717, 1.165) is 32.0 Å². The normalized spacial score (nSPS) is 14.3. The highest BCUT2D eigenvalue weighted by Crippen LogP contribution is 2.19. The van der Waals surface area contributed by atoms with E-state index in [9.17, 15) is 4.79 Å². The molecule has 7 nitrogen and oxygen atoms in total. The molecule has 126 valence electrons. The molecule has 3 rings (SSSR count). The largest absolute Gasteiger partial charge is 0.478 e. The zero-order valence-electron chi connectivity index (χ0n) is 13.6. The van der Waals surface area contributed by atoms with Crippen LogP contribution in [0.1, 0.15) is 17.4 Å². The first-order valence-corrected chi connectivity index (χ1v) is 7.95. The molecular weight excluding hydrogens is 308 g/mol. The minimum atomic E-state index is -0.294. The first kappa shape index (κ1) is 16.2. The number of amides is 1. The fourth-order valence-electron chi connectivity index (χ4n) is 2.46. The SMILES string of the molecule is CCOc1cc(C(=O)Nc2ccc(N3CCOCC3)cc2)ncn1. The summed E-state index contributed by atoms with van der Waals surface area (Å²) in [7, 11) is 0. The summed E-state index contributed by atoms with van der Waals surface area (Å²) in [6.45, 7) is 5.60. The van der Waals surface area contributed by atoms with E-state index in [-0.39, 0.29) is 11.6 Å². The number of aromatic nitrogens is 2. The van der Waals surface area contributed by atoms with Gasteiger partial charge in [0.2, 0.25) is 5.88 Å². The number of hydrogen-bond donors (Lipinski definition) is 1. The lowest BCUT2D eigenvalue weighted by Gasteiger charge is -2.28. The van der Waals surface area contributed by atoms with Crippen LogP contribution in [-0.2, 0) is 4.74 Å². The molecule has 7 heteroatoms. The van der Waals surface area contributed by atoms with E-state index >= 15 is 0 Å². The quantitative estimate of drug-likeness (QED) is 0.904. The molecule has 0 spiro atoms. The van der Waals surface area contributed by atoms with Gasteiger partial charge in [-0.2, -0.15) is 0 Å². The van der Waals surface area contributed by atoms with Gasteiger partial charge in [-0.1, -0.05) is 0 Å². The molecule has 0 unspecified atom stereocenters. The van der Waals surface area contributed by atoms with Gasteiger partial charge in [0.05, 0.1) is 19.8 Å². The molecule has 0 aliphatic carbocycles. The Balaban J connectivity index is 1.64. The van der Waals surface area contributed by atoms with Gasteiger partial charge in [-0.15, -0.1) is 0 Å². The molecule has 24 heavy (non-hydrogen) atoms. The first-order valence-electron chi connectivity index (χ1n) is 7.95. The summed E-state index contributed by atoms with van der Waals surface area (Å²) >= 11 is 0. The van der Waals surface area contributed by atoms with E-state index in [0.29, 0.717) is 18.2 Å². The molecule has 1 N–H and O–H groups in total. The van der Waals surface area contributed by atoms with Gasteiger partial charge in [0.1, 0.15) is 12.0 Å². The van der Waals surface area contributed by atoms with E-state index in [4.69, 9.17) is 9.47 Å². The average molecular weight is 328 g/mol. The van der Waals surface area contributed by atoms with Crippen LogP contribution in [0.3, 0.4) is 0 Å². The smallest absolute Gasteiger partial charge is 0.274 e. The van der Waals surface area contributed by atoms with Crippen molar-refractivity contribution in [3.63, 3.8) is 0 Å². The number of anilines is 2. The molecule has 1 aromatic carbocycles. The van der Waals surface area contributed by atoms with Crippen LogP contribution in [0.5, 0.6) is 5.88 Å². The summed E-state index contributed by atoms with van der Waals surface area (Å²) < 4.78 is 10.6. The summed E-state index contributed by atoms with van der Waals surface area (Å²) in [4.78, 5) is 22.5. The molecule has 1 aromatic heterocycles. The maximum atomic E-state index is 12.3. The number of benzene rings is 1. The lowest BCUT2D eigenvalue weighted by atomic mass is 10.2. The van der Waals surface area contributed by atoms with Gasteiger partial charge in [0.15, 0.2) is 0 Å². The topological polar surface area (TPSA) is 76.6 Å². The summed E-state index contributed by atoms with van der Waals surface area (Å²) in [5, 5.41) is 2.83. The summed E-state index contributed by atoms with van der Waals surface area (Å²) in [5.41, 5.74) is 2.11. The maximum absolute atomic E-state index is 12.3. The third-order valence-corrected chi connectivity index (χ3v) is 3.67. The Morgan fingerprint density at radius 1 is 1.25 bits per heavy atom. The third kappa shape index (κ3) is 3.99. The molecule has 0 atom stereocenters. The van der Waals surface area contributed by atoms with E-state index < -0.39 is 0 Å². The van der Waals surface area contributed by atoms with Gasteiger partial charge < -0.3 is 19.7 Å². The number of nitrogens with zero attached hydrogens (tertiary/aromatic N) is 3. The maximum Gasteiger partial charge on any atom is 0.274 e. The predicted octanol–water partition coefficient (Wildman–Crippen LogP) is 1.96. The van der Waals surface area contributed by atoms with Crippen LogP contribution in [0, 0.1) is 0 Å². The van der Waals surface area contributed by atoms with Crippen molar-refractivity contribution in [2.24, 2.45) is 0 Å². The minimum absolute atomic E-state index is 0.269. The minimum Gasteiger partial charge on any atom is -0.478 e. The van der Waals surface area contributed by atoms with Crippen molar-refractivity contribution in [2.45, 2.75) is 6.92 Å². The molecule has 1 aliphatic heterocycles. The third-order valence-electron chi connectivity index (χ3n) is 3.67. The highest BCUT2D eigenvalue weighted by Gasteiger charge is 2.12. The number of hydrogen-bond acceptors (Lipinski definition) is 6. The van der Waals surface area contributed by atoms with Crippen LogP contribution in [0.4, 0.5) is 11.4 Å². The standard InChI is InChI=1S/C17H20N4O3/c1-2-24-16-11-15(18-12-19-16)17(22)20-13-3-5-14(6-4-13)21-7-9-23-10-8-21/h3-6,11-12H,2,7-10H2,1H3,(H,20,22). The lowest BCUT2D eigenvalue weighted by molar-refractivity contribution is 0.102. The molecule has 1 fully saturated rings. The van der Waals surface area contributed by atoms with E-state index in [2.05, 4.69) is 20.2 Å². The van der Waals surface area contributed by atoms with Crippen LogP contribution in [0.25, 0.3) is 0 Å². The van der Waals surface area contributed by atoms with E-state index in [1.54, 1.807) is 0 Å².